The third-order valence-electron chi connectivity index (χ3n) is 7.30. The number of anilines is 3. The molecule has 3 heterocycles. The number of hydrogen-bond donors (Lipinski definition) is 1. The molecule has 5 aromatic rings. The van der Waals surface area contributed by atoms with Crippen LogP contribution in [-0.2, 0) is 6.54 Å². The number of benzene rings is 3. The average molecular weight is 601 g/mol. The third-order valence-corrected chi connectivity index (χ3v) is 9.10. The summed E-state index contributed by atoms with van der Waals surface area (Å²) in [6.07, 6.45) is 1.59. The predicted octanol–water partition coefficient (Wildman–Crippen LogP) is 8.22. The van der Waals surface area contributed by atoms with Crippen molar-refractivity contribution in [1.82, 2.24) is 9.88 Å². The Morgan fingerprint density at radius 2 is 1.73 bits per heavy atom. The lowest BCUT2D eigenvalue weighted by Gasteiger charge is -2.36. The van der Waals surface area contributed by atoms with Crippen LogP contribution in [-0.4, -0.2) is 43.2 Å². The van der Waals surface area contributed by atoms with E-state index in [2.05, 4.69) is 86.8 Å². The molecule has 9 heteroatoms. The van der Waals surface area contributed by atoms with E-state index < -0.39 is 0 Å². The minimum Gasteiger partial charge on any atom is -0.495 e. The Bertz CT molecular complexity index is 1730. The summed E-state index contributed by atoms with van der Waals surface area (Å²) in [5, 5.41) is 14.0. The van der Waals surface area contributed by atoms with Crippen molar-refractivity contribution >= 4 is 61.8 Å². The van der Waals surface area contributed by atoms with Crippen LogP contribution in [0.1, 0.15) is 11.1 Å². The van der Waals surface area contributed by atoms with Gasteiger partial charge >= 0.3 is 0 Å². The SMILES string of the molecule is COc1cc(Nc2c(C#N)cnc3cc(-c4ccc(CN5CCN(c6ccccc6)CC5)cc4)sc23)c(Cl)cc1Cl. The van der Waals surface area contributed by atoms with E-state index >= 15 is 0 Å². The molecule has 0 radical (unpaired) electrons. The predicted molar refractivity (Wildman–Crippen MR) is 170 cm³/mol. The Balaban J connectivity index is 1.20. The third kappa shape index (κ3) is 5.83. The average Bonchev–Trinajstić information content (AvgIpc) is 3.45. The number of nitriles is 1. The van der Waals surface area contributed by atoms with Crippen molar-refractivity contribution < 1.29 is 4.74 Å². The van der Waals surface area contributed by atoms with Crippen molar-refractivity contribution in [2.24, 2.45) is 0 Å². The van der Waals surface area contributed by atoms with Crippen molar-refractivity contribution in [2.45, 2.75) is 6.54 Å². The van der Waals surface area contributed by atoms with E-state index in [4.69, 9.17) is 27.9 Å². The molecule has 2 aromatic heterocycles. The Kier molecular flexibility index (Phi) is 8.00. The molecule has 1 fully saturated rings. The van der Waals surface area contributed by atoms with Crippen LogP contribution in [0.4, 0.5) is 17.1 Å². The normalized spacial score (nSPS) is 13.8. The Morgan fingerprint density at radius 1 is 0.976 bits per heavy atom. The van der Waals surface area contributed by atoms with Gasteiger partial charge in [-0.3, -0.25) is 9.88 Å². The smallest absolute Gasteiger partial charge is 0.139 e. The van der Waals surface area contributed by atoms with E-state index in [1.54, 1.807) is 36.8 Å². The first-order valence-electron chi connectivity index (χ1n) is 13.3. The van der Waals surface area contributed by atoms with E-state index in [1.165, 1.54) is 11.3 Å². The van der Waals surface area contributed by atoms with E-state index in [1.807, 2.05) is 0 Å². The van der Waals surface area contributed by atoms with Crippen LogP contribution < -0.4 is 15.0 Å². The van der Waals surface area contributed by atoms with Gasteiger partial charge in [0.1, 0.15) is 11.8 Å². The van der Waals surface area contributed by atoms with Gasteiger partial charge in [0.2, 0.25) is 0 Å². The standard InChI is InChI=1S/C32H27Cl2N5OS/c1-40-29-16-27(25(33)15-26(29)34)37-31-23(18-35)19-36-28-17-30(41-32(28)31)22-9-7-21(8-10-22)20-38-11-13-39(14-12-38)24-5-3-2-4-6-24/h2-10,15-17,19H,11-14,20H2,1H3,(H,36,37). The maximum absolute atomic E-state index is 9.82. The molecule has 3 aromatic carbocycles. The van der Waals surface area contributed by atoms with Crippen molar-refractivity contribution in [1.29, 1.82) is 5.26 Å². The first-order valence-corrected chi connectivity index (χ1v) is 14.8. The largest absolute Gasteiger partial charge is 0.495 e. The molecule has 0 saturated carbocycles. The Morgan fingerprint density at radius 3 is 2.44 bits per heavy atom. The summed E-state index contributed by atoms with van der Waals surface area (Å²) in [5.41, 5.74) is 6.20. The van der Waals surface area contributed by atoms with Crippen LogP contribution in [0.3, 0.4) is 0 Å². The summed E-state index contributed by atoms with van der Waals surface area (Å²) in [7, 11) is 1.55. The highest BCUT2D eigenvalue weighted by atomic mass is 35.5. The minimum absolute atomic E-state index is 0.416. The van der Waals surface area contributed by atoms with E-state index in [-0.39, 0.29) is 0 Å². The van der Waals surface area contributed by atoms with Gasteiger partial charge in [-0.2, -0.15) is 5.26 Å². The van der Waals surface area contributed by atoms with Crippen LogP contribution in [0.15, 0.2) is 79.0 Å². The lowest BCUT2D eigenvalue weighted by molar-refractivity contribution is 0.250. The number of halogens is 2. The van der Waals surface area contributed by atoms with Gasteiger partial charge in [-0.25, -0.2) is 0 Å². The fourth-order valence-corrected chi connectivity index (χ4v) is 6.71. The summed E-state index contributed by atoms with van der Waals surface area (Å²) in [6.45, 7) is 5.08. The van der Waals surface area contributed by atoms with Crippen LogP contribution in [0.2, 0.25) is 10.0 Å². The van der Waals surface area contributed by atoms with E-state index in [0.717, 1.165) is 53.4 Å². The summed E-state index contributed by atoms with van der Waals surface area (Å²) < 4.78 is 6.23. The van der Waals surface area contributed by atoms with Gasteiger partial charge in [0.25, 0.3) is 0 Å². The molecule has 0 bridgehead atoms. The van der Waals surface area contributed by atoms with Crippen molar-refractivity contribution in [3.05, 3.63) is 100 Å². The van der Waals surface area contributed by atoms with Crippen LogP contribution in [0.25, 0.3) is 20.7 Å². The zero-order chi connectivity index (χ0) is 28.3. The van der Waals surface area contributed by atoms with Crippen LogP contribution >= 0.6 is 34.5 Å². The molecule has 1 saturated heterocycles. The first-order chi connectivity index (χ1) is 20.0. The molecule has 6 nitrogen and oxygen atoms in total. The van der Waals surface area contributed by atoms with Gasteiger partial charge in [0.05, 0.1) is 44.3 Å². The molecule has 0 amide bonds. The molecule has 0 unspecified atom stereocenters. The molecule has 1 N–H and O–H groups in total. The second-order valence-corrected chi connectivity index (χ2v) is 11.7. The number of methoxy groups -OCH3 is 1. The number of piperazine rings is 1. The van der Waals surface area contributed by atoms with Gasteiger partial charge in [-0.05, 0) is 35.4 Å². The van der Waals surface area contributed by atoms with Gasteiger partial charge < -0.3 is 15.0 Å². The quantitative estimate of drug-likeness (QED) is 0.203. The summed E-state index contributed by atoms with van der Waals surface area (Å²) in [6, 6.07) is 27.0. The molecular weight excluding hydrogens is 573 g/mol. The highest BCUT2D eigenvalue weighted by Crippen LogP contribution is 2.42. The molecule has 1 aliphatic rings. The molecule has 206 valence electrons. The second-order valence-electron chi connectivity index (χ2n) is 9.87. The Labute approximate surface area is 253 Å². The maximum Gasteiger partial charge on any atom is 0.139 e. The van der Waals surface area contributed by atoms with Gasteiger partial charge in [-0.15, -0.1) is 11.3 Å². The van der Waals surface area contributed by atoms with Gasteiger partial charge in [-0.1, -0.05) is 65.7 Å². The monoisotopic (exact) mass is 599 g/mol. The zero-order valence-corrected chi connectivity index (χ0v) is 24.7. The topological polar surface area (TPSA) is 64.4 Å². The molecule has 1 aliphatic heterocycles. The van der Waals surface area contributed by atoms with Crippen LogP contribution in [0.5, 0.6) is 5.75 Å². The van der Waals surface area contributed by atoms with Gasteiger partial charge in [0.15, 0.2) is 0 Å². The van der Waals surface area contributed by atoms with Gasteiger partial charge in [0, 0.05) is 55.6 Å². The molecule has 6 rings (SSSR count). The van der Waals surface area contributed by atoms with Crippen molar-refractivity contribution in [3.8, 4) is 22.3 Å². The lowest BCUT2D eigenvalue weighted by atomic mass is 10.1. The second kappa shape index (κ2) is 12.0. The molecule has 0 aliphatic carbocycles. The zero-order valence-electron chi connectivity index (χ0n) is 22.4. The Hall–Kier alpha value is -3.80. The number of fused-ring (bicyclic) bond motifs is 1. The molecule has 0 spiro atoms. The number of thiophene rings is 1. The highest BCUT2D eigenvalue weighted by Gasteiger charge is 2.19. The summed E-state index contributed by atoms with van der Waals surface area (Å²) >= 11 is 14.3. The maximum atomic E-state index is 9.82. The minimum atomic E-state index is 0.416. The number of rotatable bonds is 7. The number of pyridine rings is 1. The summed E-state index contributed by atoms with van der Waals surface area (Å²) in [4.78, 5) is 10.6. The van der Waals surface area contributed by atoms with E-state index in [0.29, 0.717) is 32.7 Å². The highest BCUT2D eigenvalue weighted by molar-refractivity contribution is 7.22. The fraction of sp³-hybridized carbons (Fsp3) is 0.188. The van der Waals surface area contributed by atoms with Crippen molar-refractivity contribution in [2.75, 3.05) is 43.5 Å². The molecular formula is C32H27Cl2N5OS. The first kappa shape index (κ1) is 27.4. The number of nitrogens with zero attached hydrogens (tertiary/aromatic N) is 4. The van der Waals surface area contributed by atoms with E-state index in [9.17, 15) is 5.26 Å². The number of para-hydroxylation sites is 1. The fourth-order valence-electron chi connectivity index (χ4n) is 5.08. The molecule has 41 heavy (non-hydrogen) atoms. The number of nitrogens with one attached hydrogen (secondary N) is 1. The lowest BCUT2D eigenvalue weighted by Crippen LogP contribution is -2.45. The number of aromatic nitrogens is 1. The summed E-state index contributed by atoms with van der Waals surface area (Å²) in [5.74, 6) is 0.493. The van der Waals surface area contributed by atoms with Crippen LogP contribution in [0, 0.1) is 11.3 Å². The van der Waals surface area contributed by atoms with Crippen molar-refractivity contribution in [3.63, 3.8) is 0 Å². The number of hydrogen-bond acceptors (Lipinski definition) is 7. The molecule has 0 atom stereocenters. The number of ether oxygens (including phenoxy) is 1.